The molecule has 0 aromatic heterocycles. The highest BCUT2D eigenvalue weighted by Gasteiger charge is 2.12. The van der Waals surface area contributed by atoms with Crippen LogP contribution in [0.25, 0.3) is 0 Å². The van der Waals surface area contributed by atoms with Gasteiger partial charge in [0.25, 0.3) is 0 Å². The van der Waals surface area contributed by atoms with Crippen LogP contribution >= 0.6 is 0 Å². The normalized spacial score (nSPS) is 16.1. The molecule has 4 heteroatoms. The number of piperidine rings is 1. The maximum absolute atomic E-state index is 5.74. The maximum atomic E-state index is 5.74. The first-order valence-electron chi connectivity index (χ1n) is 7.55. The molecular formula is C16H26N2O2. The van der Waals surface area contributed by atoms with E-state index in [-0.39, 0.29) is 0 Å². The predicted molar refractivity (Wildman–Crippen MR) is 81.3 cm³/mol. The highest BCUT2D eigenvalue weighted by atomic mass is 16.5. The highest BCUT2D eigenvalue weighted by molar-refractivity contribution is 5.38. The third-order valence-electron chi connectivity index (χ3n) is 3.65. The minimum Gasteiger partial charge on any atom is -0.497 e. The van der Waals surface area contributed by atoms with Gasteiger partial charge in [-0.3, -0.25) is 4.90 Å². The van der Waals surface area contributed by atoms with Gasteiger partial charge in [-0.1, -0.05) is 6.42 Å². The fourth-order valence-electron chi connectivity index (χ4n) is 2.57. The van der Waals surface area contributed by atoms with Crippen LogP contribution in [-0.2, 0) is 6.54 Å². The lowest BCUT2D eigenvalue weighted by atomic mass is 10.1. The summed E-state index contributed by atoms with van der Waals surface area (Å²) in [5.74, 6) is 1.74. The van der Waals surface area contributed by atoms with Crippen molar-refractivity contribution < 1.29 is 9.47 Å². The quantitative estimate of drug-likeness (QED) is 0.778. The van der Waals surface area contributed by atoms with Crippen molar-refractivity contribution in [3.8, 4) is 11.5 Å². The summed E-state index contributed by atoms with van der Waals surface area (Å²) in [4.78, 5) is 2.50. The summed E-state index contributed by atoms with van der Waals surface area (Å²) in [7, 11) is 1.70. The van der Waals surface area contributed by atoms with Crippen LogP contribution in [0.5, 0.6) is 11.5 Å². The van der Waals surface area contributed by atoms with Gasteiger partial charge in [-0.05, 0) is 56.6 Å². The Labute approximate surface area is 121 Å². The Hall–Kier alpha value is -1.26. The van der Waals surface area contributed by atoms with Gasteiger partial charge in [0, 0.05) is 12.6 Å². The van der Waals surface area contributed by atoms with E-state index >= 15 is 0 Å². The molecule has 1 fully saturated rings. The van der Waals surface area contributed by atoms with Crippen molar-refractivity contribution in [3.63, 3.8) is 0 Å². The van der Waals surface area contributed by atoms with E-state index in [0.29, 0.717) is 13.2 Å². The zero-order valence-electron chi connectivity index (χ0n) is 12.4. The number of nitrogens with two attached hydrogens (primary N) is 1. The van der Waals surface area contributed by atoms with Crippen molar-refractivity contribution in [2.24, 2.45) is 5.73 Å². The van der Waals surface area contributed by atoms with E-state index in [9.17, 15) is 0 Å². The molecule has 1 heterocycles. The van der Waals surface area contributed by atoms with E-state index in [1.165, 1.54) is 37.9 Å². The molecule has 112 valence electrons. The van der Waals surface area contributed by atoms with E-state index in [1.807, 2.05) is 6.07 Å². The highest BCUT2D eigenvalue weighted by Crippen LogP contribution is 2.24. The van der Waals surface area contributed by atoms with Crippen LogP contribution in [0.3, 0.4) is 0 Å². The van der Waals surface area contributed by atoms with Gasteiger partial charge in [0.05, 0.1) is 13.7 Å². The van der Waals surface area contributed by atoms with Gasteiger partial charge in [0.2, 0.25) is 0 Å². The minimum absolute atomic E-state index is 0.657. The number of methoxy groups -OCH3 is 1. The van der Waals surface area contributed by atoms with Crippen molar-refractivity contribution in [1.82, 2.24) is 4.90 Å². The maximum Gasteiger partial charge on any atom is 0.123 e. The second-order valence-electron chi connectivity index (χ2n) is 5.34. The Kier molecular flexibility index (Phi) is 6.15. The molecule has 1 aliphatic rings. The molecule has 1 aromatic rings. The van der Waals surface area contributed by atoms with Crippen molar-refractivity contribution >= 4 is 0 Å². The molecule has 1 aromatic carbocycles. The second kappa shape index (κ2) is 8.12. The number of rotatable bonds is 7. The summed E-state index contributed by atoms with van der Waals surface area (Å²) < 4.78 is 11.1. The molecule has 2 rings (SSSR count). The molecule has 20 heavy (non-hydrogen) atoms. The Bertz CT molecular complexity index is 403. The number of hydrogen-bond donors (Lipinski definition) is 1. The molecule has 0 unspecified atom stereocenters. The standard InChI is InChI=1S/C16H26N2O2/c1-19-15-10-14(13-18-7-3-2-4-8-18)11-16(12-15)20-9-5-6-17/h10-12H,2-9,13,17H2,1H3. The number of ether oxygens (including phenoxy) is 2. The predicted octanol–water partition coefficient (Wildman–Crippen LogP) is 2.41. The number of likely N-dealkylation sites (tertiary alicyclic amines) is 1. The fraction of sp³-hybridized carbons (Fsp3) is 0.625. The average molecular weight is 278 g/mol. The van der Waals surface area contributed by atoms with Crippen molar-refractivity contribution in [1.29, 1.82) is 0 Å². The third-order valence-corrected chi connectivity index (χ3v) is 3.65. The van der Waals surface area contributed by atoms with Crippen molar-refractivity contribution in [2.45, 2.75) is 32.2 Å². The van der Waals surface area contributed by atoms with Gasteiger partial charge < -0.3 is 15.2 Å². The first kappa shape index (κ1) is 15.1. The van der Waals surface area contributed by atoms with Crippen LogP contribution < -0.4 is 15.2 Å². The summed E-state index contributed by atoms with van der Waals surface area (Å²) in [5, 5.41) is 0. The second-order valence-corrected chi connectivity index (χ2v) is 5.34. The molecule has 1 aliphatic heterocycles. The lowest BCUT2D eigenvalue weighted by Gasteiger charge is -2.26. The van der Waals surface area contributed by atoms with Crippen LogP contribution in [0.2, 0.25) is 0 Å². The molecule has 4 nitrogen and oxygen atoms in total. The topological polar surface area (TPSA) is 47.7 Å². The van der Waals surface area contributed by atoms with E-state index < -0.39 is 0 Å². The van der Waals surface area contributed by atoms with Gasteiger partial charge in [-0.15, -0.1) is 0 Å². The monoisotopic (exact) mass is 278 g/mol. The molecule has 0 amide bonds. The van der Waals surface area contributed by atoms with Crippen LogP contribution in [-0.4, -0.2) is 38.3 Å². The molecule has 0 aliphatic carbocycles. The lowest BCUT2D eigenvalue weighted by molar-refractivity contribution is 0.220. The molecule has 0 atom stereocenters. The van der Waals surface area contributed by atoms with Crippen LogP contribution in [0.15, 0.2) is 18.2 Å². The van der Waals surface area contributed by atoms with Gasteiger partial charge in [-0.25, -0.2) is 0 Å². The minimum atomic E-state index is 0.657. The molecule has 0 bridgehead atoms. The van der Waals surface area contributed by atoms with E-state index in [0.717, 1.165) is 24.5 Å². The van der Waals surface area contributed by atoms with Gasteiger partial charge in [-0.2, -0.15) is 0 Å². The molecule has 1 saturated heterocycles. The van der Waals surface area contributed by atoms with E-state index in [2.05, 4.69) is 17.0 Å². The van der Waals surface area contributed by atoms with Crippen LogP contribution in [0.1, 0.15) is 31.2 Å². The fourth-order valence-corrected chi connectivity index (χ4v) is 2.57. The Morgan fingerprint density at radius 3 is 2.55 bits per heavy atom. The summed E-state index contributed by atoms with van der Waals surface area (Å²) in [6.45, 7) is 4.68. The Morgan fingerprint density at radius 1 is 1.10 bits per heavy atom. The molecule has 0 radical (unpaired) electrons. The number of benzene rings is 1. The van der Waals surface area contributed by atoms with Crippen LogP contribution in [0, 0.1) is 0 Å². The summed E-state index contributed by atoms with van der Waals surface area (Å²) in [6, 6.07) is 6.16. The smallest absolute Gasteiger partial charge is 0.123 e. The SMILES string of the molecule is COc1cc(CN2CCCCC2)cc(OCCCN)c1. The summed E-state index contributed by atoms with van der Waals surface area (Å²) in [6.07, 6.45) is 4.86. The molecule has 0 saturated carbocycles. The van der Waals surface area contributed by atoms with Crippen LogP contribution in [0.4, 0.5) is 0 Å². The first-order chi connectivity index (χ1) is 9.81. The van der Waals surface area contributed by atoms with E-state index in [4.69, 9.17) is 15.2 Å². The Morgan fingerprint density at radius 2 is 1.85 bits per heavy atom. The van der Waals surface area contributed by atoms with Gasteiger partial charge in [0.1, 0.15) is 11.5 Å². The third kappa shape index (κ3) is 4.69. The number of hydrogen-bond acceptors (Lipinski definition) is 4. The van der Waals surface area contributed by atoms with Gasteiger partial charge in [0.15, 0.2) is 0 Å². The molecule has 0 spiro atoms. The Balaban J connectivity index is 2.00. The average Bonchev–Trinajstić information content (AvgIpc) is 2.48. The largest absolute Gasteiger partial charge is 0.497 e. The summed E-state index contributed by atoms with van der Waals surface area (Å²) in [5.41, 5.74) is 6.75. The van der Waals surface area contributed by atoms with Crippen molar-refractivity contribution in [3.05, 3.63) is 23.8 Å². The van der Waals surface area contributed by atoms with Crippen molar-refractivity contribution in [2.75, 3.05) is 33.4 Å². The zero-order chi connectivity index (χ0) is 14.2. The number of nitrogens with zero attached hydrogens (tertiary/aromatic N) is 1. The first-order valence-corrected chi connectivity index (χ1v) is 7.55. The zero-order valence-corrected chi connectivity index (χ0v) is 12.4. The summed E-state index contributed by atoms with van der Waals surface area (Å²) >= 11 is 0. The molecule has 2 N–H and O–H groups in total. The lowest BCUT2D eigenvalue weighted by Crippen LogP contribution is -2.29. The van der Waals surface area contributed by atoms with Gasteiger partial charge >= 0.3 is 0 Å². The van der Waals surface area contributed by atoms with E-state index in [1.54, 1.807) is 7.11 Å². The molecular weight excluding hydrogens is 252 g/mol.